The molecule has 1 saturated heterocycles. The average molecular weight is 411 g/mol. The molecule has 3 heterocycles. The summed E-state index contributed by atoms with van der Waals surface area (Å²) in [5.41, 5.74) is 1.35. The highest BCUT2D eigenvalue weighted by atomic mass is 32.1. The van der Waals surface area contributed by atoms with E-state index in [4.69, 9.17) is 0 Å². The minimum absolute atomic E-state index is 0.0369. The Morgan fingerprint density at radius 3 is 2.90 bits per heavy atom. The summed E-state index contributed by atoms with van der Waals surface area (Å²) < 4.78 is 13.8. The van der Waals surface area contributed by atoms with E-state index in [9.17, 15) is 14.0 Å². The van der Waals surface area contributed by atoms with Gasteiger partial charge in [-0.25, -0.2) is 14.4 Å². The monoisotopic (exact) mass is 411 g/mol. The van der Waals surface area contributed by atoms with Crippen LogP contribution in [0.15, 0.2) is 48.0 Å². The van der Waals surface area contributed by atoms with Crippen LogP contribution in [-0.2, 0) is 11.2 Å². The van der Waals surface area contributed by atoms with Gasteiger partial charge in [0.15, 0.2) is 0 Å². The fourth-order valence-electron chi connectivity index (χ4n) is 2.98. The molecule has 9 heteroatoms. The number of piperazine rings is 1. The topological polar surface area (TPSA) is 87.2 Å². The van der Waals surface area contributed by atoms with Crippen molar-refractivity contribution in [2.75, 3.05) is 29.9 Å². The van der Waals surface area contributed by atoms with E-state index < -0.39 is 0 Å². The van der Waals surface area contributed by atoms with Gasteiger partial charge < -0.3 is 15.5 Å². The fourth-order valence-corrected chi connectivity index (χ4v) is 3.77. The van der Waals surface area contributed by atoms with Gasteiger partial charge in [-0.15, -0.1) is 11.3 Å². The lowest BCUT2D eigenvalue weighted by Gasteiger charge is -2.27. The van der Waals surface area contributed by atoms with E-state index in [1.54, 1.807) is 41.9 Å². The van der Waals surface area contributed by atoms with Crippen molar-refractivity contribution in [1.82, 2.24) is 15.3 Å². The van der Waals surface area contributed by atoms with Gasteiger partial charge in [-0.3, -0.25) is 9.59 Å². The van der Waals surface area contributed by atoms with Crippen LogP contribution in [0.25, 0.3) is 0 Å². The summed E-state index contributed by atoms with van der Waals surface area (Å²) in [6, 6.07) is 10.0. The third-order valence-corrected chi connectivity index (χ3v) is 5.30. The van der Waals surface area contributed by atoms with E-state index in [2.05, 4.69) is 20.6 Å². The minimum atomic E-state index is -0.354. The van der Waals surface area contributed by atoms with Crippen molar-refractivity contribution in [3.63, 3.8) is 0 Å². The van der Waals surface area contributed by atoms with Crippen LogP contribution in [0.1, 0.15) is 21.1 Å². The highest BCUT2D eigenvalue weighted by molar-refractivity contribution is 7.09. The van der Waals surface area contributed by atoms with Crippen LogP contribution in [0.5, 0.6) is 0 Å². The molecule has 1 fully saturated rings. The van der Waals surface area contributed by atoms with Gasteiger partial charge in [0, 0.05) is 24.9 Å². The van der Waals surface area contributed by atoms with E-state index >= 15 is 0 Å². The number of hydrogen-bond donors (Lipinski definition) is 2. The zero-order chi connectivity index (χ0) is 20.2. The summed E-state index contributed by atoms with van der Waals surface area (Å²) in [6.07, 6.45) is 1.89. The number of pyridine rings is 1. The number of hydrogen-bond acceptors (Lipinski definition) is 6. The predicted octanol–water partition coefficient (Wildman–Crippen LogP) is 2.46. The number of carbonyl (C=O) groups excluding carboxylic acids is 2. The third kappa shape index (κ3) is 4.57. The Bertz CT molecular complexity index is 1040. The van der Waals surface area contributed by atoms with Crippen LogP contribution < -0.4 is 15.5 Å². The molecular weight excluding hydrogens is 393 g/mol. The number of anilines is 2. The zero-order valence-electron chi connectivity index (χ0n) is 15.4. The Morgan fingerprint density at radius 1 is 1.28 bits per heavy atom. The van der Waals surface area contributed by atoms with Gasteiger partial charge in [-0.05, 0) is 23.8 Å². The summed E-state index contributed by atoms with van der Waals surface area (Å²) in [7, 11) is 0. The van der Waals surface area contributed by atoms with Crippen LogP contribution >= 0.6 is 11.3 Å². The first-order valence-corrected chi connectivity index (χ1v) is 9.93. The number of benzene rings is 1. The summed E-state index contributed by atoms with van der Waals surface area (Å²) >= 11 is 1.31. The molecule has 0 radical (unpaired) electrons. The predicted molar refractivity (Wildman–Crippen MR) is 109 cm³/mol. The SMILES string of the molecule is O=C1CN(c2ccc(NC(=O)c3csc(Cc4ccccc4F)n3)cn2)CCN1. The standard InChI is InChI=1S/C20H18FN5O2S/c21-15-4-2-1-3-13(15)9-19-25-16(12-29-19)20(28)24-14-5-6-17(23-10-14)26-8-7-22-18(27)11-26/h1-6,10,12H,7-9,11H2,(H,22,27)(H,24,28). The van der Waals surface area contributed by atoms with Crippen molar-refractivity contribution in [3.05, 3.63) is 70.1 Å². The molecule has 0 unspecified atom stereocenters. The molecule has 0 aliphatic carbocycles. The number of amides is 2. The van der Waals surface area contributed by atoms with Gasteiger partial charge in [0.2, 0.25) is 5.91 Å². The van der Waals surface area contributed by atoms with Crippen molar-refractivity contribution in [2.45, 2.75) is 6.42 Å². The van der Waals surface area contributed by atoms with E-state index in [0.29, 0.717) is 41.6 Å². The van der Waals surface area contributed by atoms with Gasteiger partial charge in [-0.2, -0.15) is 0 Å². The van der Waals surface area contributed by atoms with Crippen molar-refractivity contribution < 1.29 is 14.0 Å². The first-order valence-electron chi connectivity index (χ1n) is 9.05. The lowest BCUT2D eigenvalue weighted by atomic mass is 10.1. The van der Waals surface area contributed by atoms with Gasteiger partial charge >= 0.3 is 0 Å². The van der Waals surface area contributed by atoms with Crippen LogP contribution in [0.2, 0.25) is 0 Å². The molecular formula is C20H18FN5O2S. The van der Waals surface area contributed by atoms with Crippen LogP contribution in [0.4, 0.5) is 15.9 Å². The minimum Gasteiger partial charge on any atom is -0.353 e. The molecule has 0 bridgehead atoms. The summed E-state index contributed by atoms with van der Waals surface area (Å²) in [5, 5.41) is 7.84. The normalized spacial score (nSPS) is 13.8. The first kappa shape index (κ1) is 19.0. The van der Waals surface area contributed by atoms with E-state index in [1.807, 2.05) is 4.90 Å². The molecule has 0 saturated carbocycles. The Hall–Kier alpha value is -3.33. The van der Waals surface area contributed by atoms with Gasteiger partial charge in [-0.1, -0.05) is 18.2 Å². The molecule has 4 rings (SSSR count). The highest BCUT2D eigenvalue weighted by Gasteiger charge is 2.18. The van der Waals surface area contributed by atoms with Gasteiger partial charge in [0.1, 0.15) is 17.3 Å². The molecule has 1 aromatic carbocycles. The maximum Gasteiger partial charge on any atom is 0.275 e. The second-order valence-corrected chi connectivity index (χ2v) is 7.47. The number of nitrogens with zero attached hydrogens (tertiary/aromatic N) is 3. The summed E-state index contributed by atoms with van der Waals surface area (Å²) in [6.45, 7) is 1.54. The maximum absolute atomic E-state index is 13.8. The Morgan fingerprint density at radius 2 is 2.14 bits per heavy atom. The van der Waals surface area contributed by atoms with Gasteiger partial charge in [0.25, 0.3) is 5.91 Å². The van der Waals surface area contributed by atoms with E-state index in [-0.39, 0.29) is 29.9 Å². The lowest BCUT2D eigenvalue weighted by Crippen LogP contribution is -2.48. The average Bonchev–Trinajstić information content (AvgIpc) is 3.19. The number of halogens is 1. The zero-order valence-corrected chi connectivity index (χ0v) is 16.2. The van der Waals surface area contributed by atoms with Crippen molar-refractivity contribution >= 4 is 34.7 Å². The molecule has 2 N–H and O–H groups in total. The second-order valence-electron chi connectivity index (χ2n) is 6.53. The van der Waals surface area contributed by atoms with Crippen molar-refractivity contribution in [2.24, 2.45) is 0 Å². The Kier molecular flexibility index (Phi) is 5.48. The molecule has 1 aliphatic rings. The molecule has 0 atom stereocenters. The smallest absolute Gasteiger partial charge is 0.275 e. The number of aromatic nitrogens is 2. The number of thiazole rings is 1. The molecule has 148 valence electrons. The van der Waals surface area contributed by atoms with Crippen LogP contribution in [0, 0.1) is 5.82 Å². The van der Waals surface area contributed by atoms with E-state index in [0.717, 1.165) is 0 Å². The largest absolute Gasteiger partial charge is 0.353 e. The molecule has 2 amide bonds. The summed E-state index contributed by atoms with van der Waals surface area (Å²) in [4.78, 5) is 34.4. The lowest BCUT2D eigenvalue weighted by molar-refractivity contribution is -0.120. The van der Waals surface area contributed by atoms with E-state index in [1.165, 1.54) is 17.4 Å². The summed E-state index contributed by atoms with van der Waals surface area (Å²) in [5.74, 6) is 0.00261. The van der Waals surface area contributed by atoms with Crippen LogP contribution in [0.3, 0.4) is 0 Å². The van der Waals surface area contributed by atoms with Crippen molar-refractivity contribution in [3.8, 4) is 0 Å². The molecule has 0 spiro atoms. The maximum atomic E-state index is 13.8. The Labute approximate surface area is 170 Å². The third-order valence-electron chi connectivity index (χ3n) is 4.45. The van der Waals surface area contributed by atoms with Crippen LogP contribution in [-0.4, -0.2) is 41.4 Å². The quantitative estimate of drug-likeness (QED) is 0.674. The molecule has 7 nitrogen and oxygen atoms in total. The first-order chi connectivity index (χ1) is 14.1. The Balaban J connectivity index is 1.39. The molecule has 29 heavy (non-hydrogen) atoms. The molecule has 3 aromatic rings. The number of nitrogens with one attached hydrogen (secondary N) is 2. The molecule has 2 aromatic heterocycles. The van der Waals surface area contributed by atoms with Crippen molar-refractivity contribution in [1.29, 1.82) is 0 Å². The number of carbonyl (C=O) groups is 2. The second kappa shape index (κ2) is 8.36. The fraction of sp³-hybridized carbons (Fsp3) is 0.200. The number of rotatable bonds is 5. The highest BCUT2D eigenvalue weighted by Crippen LogP contribution is 2.19. The van der Waals surface area contributed by atoms with Gasteiger partial charge in [0.05, 0.1) is 23.4 Å². The molecule has 1 aliphatic heterocycles.